The minimum absolute atomic E-state index is 0.0675. The van der Waals surface area contributed by atoms with E-state index in [1.54, 1.807) is 4.90 Å². The molecule has 0 spiro atoms. The third-order valence-electron chi connectivity index (χ3n) is 3.83. The highest BCUT2D eigenvalue weighted by Gasteiger charge is 2.25. The molecule has 0 aliphatic heterocycles. The number of carbonyl (C=O) groups excluding carboxylic acids is 1. The van der Waals surface area contributed by atoms with E-state index in [9.17, 15) is 9.18 Å². The first-order valence-electron chi connectivity index (χ1n) is 6.46. The van der Waals surface area contributed by atoms with E-state index < -0.39 is 5.95 Å². The molecular weight excluding hydrogens is 231 g/mol. The highest BCUT2D eigenvalue weighted by atomic mass is 19.1. The van der Waals surface area contributed by atoms with Crippen LogP contribution in [-0.2, 0) is 0 Å². The largest absolute Gasteiger partial charge is 0.339 e. The maximum atomic E-state index is 12.7. The summed E-state index contributed by atoms with van der Waals surface area (Å²) in [4.78, 5) is 17.5. The molecule has 1 amide bonds. The summed E-state index contributed by atoms with van der Waals surface area (Å²) in [6.07, 6.45) is 5.75. The lowest BCUT2D eigenvalue weighted by Gasteiger charge is -2.33. The van der Waals surface area contributed by atoms with Crippen molar-refractivity contribution in [3.05, 3.63) is 29.8 Å². The second-order valence-electron chi connectivity index (χ2n) is 5.20. The summed E-state index contributed by atoms with van der Waals surface area (Å²) < 4.78 is 12.7. The van der Waals surface area contributed by atoms with Crippen molar-refractivity contribution in [1.29, 1.82) is 0 Å². The molecule has 0 N–H and O–H groups in total. The van der Waals surface area contributed by atoms with E-state index in [2.05, 4.69) is 11.9 Å². The number of aromatic nitrogens is 1. The minimum Gasteiger partial charge on any atom is -0.339 e. The Bertz CT molecular complexity index is 410. The van der Waals surface area contributed by atoms with Crippen molar-refractivity contribution in [2.24, 2.45) is 5.92 Å². The zero-order valence-corrected chi connectivity index (χ0v) is 10.9. The molecule has 18 heavy (non-hydrogen) atoms. The van der Waals surface area contributed by atoms with E-state index in [0.29, 0.717) is 11.6 Å². The fourth-order valence-electron chi connectivity index (χ4n) is 2.50. The normalized spacial score (nSPS) is 23.7. The van der Waals surface area contributed by atoms with Crippen LogP contribution in [0.5, 0.6) is 0 Å². The van der Waals surface area contributed by atoms with Gasteiger partial charge in [0, 0.05) is 19.3 Å². The van der Waals surface area contributed by atoms with Crippen molar-refractivity contribution in [3.63, 3.8) is 0 Å². The topological polar surface area (TPSA) is 33.2 Å². The second kappa shape index (κ2) is 5.46. The van der Waals surface area contributed by atoms with E-state index in [1.807, 2.05) is 7.05 Å². The average molecular weight is 250 g/mol. The summed E-state index contributed by atoms with van der Waals surface area (Å²) in [5, 5.41) is 0. The highest BCUT2D eigenvalue weighted by molar-refractivity contribution is 5.93. The molecule has 1 saturated carbocycles. The van der Waals surface area contributed by atoms with Crippen molar-refractivity contribution in [3.8, 4) is 0 Å². The van der Waals surface area contributed by atoms with Gasteiger partial charge in [0.2, 0.25) is 5.95 Å². The molecule has 4 heteroatoms. The minimum atomic E-state index is -0.555. The Morgan fingerprint density at radius 1 is 1.33 bits per heavy atom. The van der Waals surface area contributed by atoms with Gasteiger partial charge in [0.15, 0.2) is 0 Å². The molecule has 98 valence electrons. The van der Waals surface area contributed by atoms with Gasteiger partial charge < -0.3 is 4.90 Å². The lowest BCUT2D eigenvalue weighted by molar-refractivity contribution is 0.0679. The van der Waals surface area contributed by atoms with E-state index in [-0.39, 0.29) is 5.91 Å². The third-order valence-corrected chi connectivity index (χ3v) is 3.83. The van der Waals surface area contributed by atoms with Crippen LogP contribution < -0.4 is 0 Å². The predicted molar refractivity (Wildman–Crippen MR) is 67.7 cm³/mol. The number of rotatable bonds is 2. The standard InChI is InChI=1S/C14H19FN2O/c1-10-3-6-12(7-4-10)17(2)14(18)11-5-8-13(15)16-9-11/h5,8-10,12H,3-4,6-7H2,1-2H3. The first-order valence-corrected chi connectivity index (χ1v) is 6.46. The molecule has 0 atom stereocenters. The van der Waals surface area contributed by atoms with Crippen LogP contribution in [0.1, 0.15) is 43.0 Å². The molecule has 2 rings (SSSR count). The van der Waals surface area contributed by atoms with Gasteiger partial charge in [0.1, 0.15) is 0 Å². The predicted octanol–water partition coefficient (Wildman–Crippen LogP) is 2.87. The summed E-state index contributed by atoms with van der Waals surface area (Å²) in [6, 6.07) is 3.02. The van der Waals surface area contributed by atoms with Crippen LogP contribution in [0.2, 0.25) is 0 Å². The maximum Gasteiger partial charge on any atom is 0.255 e. The Kier molecular flexibility index (Phi) is 3.94. The van der Waals surface area contributed by atoms with Crippen LogP contribution in [0.4, 0.5) is 4.39 Å². The van der Waals surface area contributed by atoms with Gasteiger partial charge >= 0.3 is 0 Å². The Balaban J connectivity index is 2.02. The van der Waals surface area contributed by atoms with E-state index in [1.165, 1.54) is 31.2 Å². The van der Waals surface area contributed by atoms with Crippen LogP contribution in [0, 0.1) is 11.9 Å². The Morgan fingerprint density at radius 3 is 2.56 bits per heavy atom. The first kappa shape index (κ1) is 13.0. The SMILES string of the molecule is CC1CCC(N(C)C(=O)c2ccc(F)nc2)CC1. The highest BCUT2D eigenvalue weighted by Crippen LogP contribution is 2.27. The fourth-order valence-corrected chi connectivity index (χ4v) is 2.50. The molecule has 3 nitrogen and oxygen atoms in total. The molecule has 1 aromatic rings. The number of hydrogen-bond acceptors (Lipinski definition) is 2. The van der Waals surface area contributed by atoms with E-state index >= 15 is 0 Å². The fraction of sp³-hybridized carbons (Fsp3) is 0.571. The summed E-state index contributed by atoms with van der Waals surface area (Å²) in [5.41, 5.74) is 0.456. The van der Waals surface area contributed by atoms with Gasteiger partial charge in [-0.15, -0.1) is 0 Å². The van der Waals surface area contributed by atoms with Gasteiger partial charge in [-0.2, -0.15) is 4.39 Å². The Morgan fingerprint density at radius 2 is 2.00 bits per heavy atom. The van der Waals surface area contributed by atoms with Crippen LogP contribution in [0.15, 0.2) is 18.3 Å². The zero-order chi connectivity index (χ0) is 13.1. The number of nitrogens with zero attached hydrogens (tertiary/aromatic N) is 2. The molecule has 1 aliphatic carbocycles. The van der Waals surface area contributed by atoms with Gasteiger partial charge in [0.05, 0.1) is 5.56 Å². The molecule has 0 aromatic carbocycles. The van der Waals surface area contributed by atoms with Crippen molar-refractivity contribution in [2.75, 3.05) is 7.05 Å². The number of halogens is 1. The Hall–Kier alpha value is -1.45. The molecule has 1 aliphatic rings. The zero-order valence-electron chi connectivity index (χ0n) is 10.9. The van der Waals surface area contributed by atoms with Gasteiger partial charge in [-0.05, 0) is 43.7 Å². The molecule has 0 saturated heterocycles. The average Bonchev–Trinajstić information content (AvgIpc) is 2.39. The summed E-state index contributed by atoms with van der Waals surface area (Å²) in [7, 11) is 1.83. The van der Waals surface area contributed by atoms with Crippen molar-refractivity contribution in [1.82, 2.24) is 9.88 Å². The first-order chi connectivity index (χ1) is 8.58. The molecule has 1 fully saturated rings. The van der Waals surface area contributed by atoms with E-state index in [0.717, 1.165) is 18.8 Å². The third kappa shape index (κ3) is 2.86. The van der Waals surface area contributed by atoms with Crippen LogP contribution in [-0.4, -0.2) is 28.9 Å². The molecular formula is C14H19FN2O. The summed E-state index contributed by atoms with van der Waals surface area (Å²) in [5.74, 6) is 0.139. The lowest BCUT2D eigenvalue weighted by atomic mass is 9.86. The number of carbonyl (C=O) groups is 1. The number of amides is 1. The molecule has 1 aromatic heterocycles. The van der Waals surface area contributed by atoms with Crippen LogP contribution in [0.25, 0.3) is 0 Å². The van der Waals surface area contributed by atoms with Crippen molar-refractivity contribution < 1.29 is 9.18 Å². The molecule has 0 radical (unpaired) electrons. The molecule has 0 unspecified atom stereocenters. The van der Waals surface area contributed by atoms with Crippen molar-refractivity contribution >= 4 is 5.91 Å². The van der Waals surface area contributed by atoms with Gasteiger partial charge in [-0.25, -0.2) is 4.98 Å². The smallest absolute Gasteiger partial charge is 0.255 e. The van der Waals surface area contributed by atoms with Gasteiger partial charge in [-0.3, -0.25) is 4.79 Å². The number of hydrogen-bond donors (Lipinski definition) is 0. The monoisotopic (exact) mass is 250 g/mol. The van der Waals surface area contributed by atoms with Crippen LogP contribution in [0.3, 0.4) is 0 Å². The van der Waals surface area contributed by atoms with Gasteiger partial charge in [0.25, 0.3) is 5.91 Å². The Labute approximate surface area is 107 Å². The van der Waals surface area contributed by atoms with Crippen LogP contribution >= 0.6 is 0 Å². The summed E-state index contributed by atoms with van der Waals surface area (Å²) >= 11 is 0. The van der Waals surface area contributed by atoms with Crippen molar-refractivity contribution in [2.45, 2.75) is 38.6 Å². The number of pyridine rings is 1. The lowest BCUT2D eigenvalue weighted by Crippen LogP contribution is -2.39. The summed E-state index contributed by atoms with van der Waals surface area (Å²) in [6.45, 7) is 2.25. The molecule has 1 heterocycles. The molecule has 0 bridgehead atoms. The maximum absolute atomic E-state index is 12.7. The second-order valence-corrected chi connectivity index (χ2v) is 5.20. The van der Waals surface area contributed by atoms with E-state index in [4.69, 9.17) is 0 Å². The van der Waals surface area contributed by atoms with Gasteiger partial charge in [-0.1, -0.05) is 6.92 Å². The quantitative estimate of drug-likeness (QED) is 0.756.